The quantitative estimate of drug-likeness (QED) is 0.778. The van der Waals surface area contributed by atoms with Gasteiger partial charge in [-0.05, 0) is 32.3 Å². The number of halogens is 2. The second-order valence-corrected chi connectivity index (χ2v) is 6.36. The third-order valence-corrected chi connectivity index (χ3v) is 4.34. The highest BCUT2D eigenvalue weighted by atomic mass is 19.2. The molecule has 5 nitrogen and oxygen atoms in total. The maximum Gasteiger partial charge on any atom is 0.305 e. The highest BCUT2D eigenvalue weighted by Gasteiger charge is 2.24. The van der Waals surface area contributed by atoms with Gasteiger partial charge in [0.1, 0.15) is 0 Å². The Morgan fingerprint density at radius 2 is 2.04 bits per heavy atom. The third kappa shape index (κ3) is 5.77. The van der Waals surface area contributed by atoms with E-state index in [0.29, 0.717) is 6.42 Å². The number of benzene rings is 1. The molecule has 1 fully saturated rings. The lowest BCUT2D eigenvalue weighted by Gasteiger charge is -2.23. The summed E-state index contributed by atoms with van der Waals surface area (Å²) < 4.78 is 32.9. The molecule has 1 N–H and O–H groups in total. The maximum atomic E-state index is 13.8. The molecule has 1 aliphatic rings. The molecule has 1 saturated heterocycles. The molecule has 25 heavy (non-hydrogen) atoms. The summed E-state index contributed by atoms with van der Waals surface area (Å²) >= 11 is 0. The summed E-state index contributed by atoms with van der Waals surface area (Å²) in [5.41, 5.74) is 0.0319. The van der Waals surface area contributed by atoms with Crippen LogP contribution < -0.4 is 0 Å². The number of carbonyl (C=O) groups is 2. The van der Waals surface area contributed by atoms with Crippen LogP contribution in [0.1, 0.15) is 44.6 Å². The summed E-state index contributed by atoms with van der Waals surface area (Å²) in [5, 5.41) is 8.85. The number of rotatable bonds is 8. The Kier molecular flexibility index (Phi) is 6.87. The average molecular weight is 355 g/mol. The van der Waals surface area contributed by atoms with Crippen LogP contribution in [0.15, 0.2) is 18.2 Å². The fraction of sp³-hybridized carbons (Fsp3) is 0.556. The maximum absolute atomic E-state index is 13.8. The summed E-state index contributed by atoms with van der Waals surface area (Å²) in [6.07, 6.45) is 2.53. The number of aliphatic carboxylic acids is 1. The van der Waals surface area contributed by atoms with Crippen LogP contribution in [0.4, 0.5) is 8.78 Å². The summed E-state index contributed by atoms with van der Waals surface area (Å²) in [6.45, 7) is 1.78. The van der Waals surface area contributed by atoms with Gasteiger partial charge in [-0.2, -0.15) is 0 Å². The van der Waals surface area contributed by atoms with Gasteiger partial charge in [0.05, 0.1) is 18.6 Å². The zero-order valence-electron chi connectivity index (χ0n) is 14.2. The number of hydrogen-bond donors (Lipinski definition) is 1. The van der Waals surface area contributed by atoms with Crippen molar-refractivity contribution < 1.29 is 28.2 Å². The number of amides is 1. The van der Waals surface area contributed by atoms with Crippen molar-refractivity contribution >= 4 is 11.9 Å². The lowest BCUT2D eigenvalue weighted by Crippen LogP contribution is -2.33. The van der Waals surface area contributed by atoms with E-state index in [0.717, 1.165) is 18.9 Å². The molecular weight excluding hydrogens is 332 g/mol. The molecule has 2 atom stereocenters. The van der Waals surface area contributed by atoms with Gasteiger partial charge in [-0.3, -0.25) is 9.59 Å². The minimum atomic E-state index is -1.05. The first kappa shape index (κ1) is 19.3. The van der Waals surface area contributed by atoms with Gasteiger partial charge < -0.3 is 14.7 Å². The van der Waals surface area contributed by atoms with Crippen molar-refractivity contribution in [1.82, 2.24) is 4.90 Å². The van der Waals surface area contributed by atoms with Crippen LogP contribution in [-0.2, 0) is 20.9 Å². The van der Waals surface area contributed by atoms with Crippen LogP contribution >= 0.6 is 0 Å². The fourth-order valence-electron chi connectivity index (χ4n) is 2.94. The molecule has 7 heteroatoms. The summed E-state index contributed by atoms with van der Waals surface area (Å²) in [6, 6.07) is 3.75. The first-order valence-electron chi connectivity index (χ1n) is 8.44. The van der Waals surface area contributed by atoms with Crippen LogP contribution in [0.3, 0.4) is 0 Å². The monoisotopic (exact) mass is 355 g/mol. The number of carbonyl (C=O) groups excluding carboxylic acids is 1. The Morgan fingerprint density at radius 1 is 1.28 bits per heavy atom. The molecule has 2 rings (SSSR count). The number of carboxylic acids is 1. The average Bonchev–Trinajstić information content (AvgIpc) is 2.98. The topological polar surface area (TPSA) is 66.8 Å². The van der Waals surface area contributed by atoms with Gasteiger partial charge in [-0.25, -0.2) is 8.78 Å². The summed E-state index contributed by atoms with van der Waals surface area (Å²) in [7, 11) is 0. The summed E-state index contributed by atoms with van der Waals surface area (Å²) in [5.74, 6) is -3.33. The largest absolute Gasteiger partial charge is 0.481 e. The molecule has 0 radical (unpaired) electrons. The van der Waals surface area contributed by atoms with Crippen molar-refractivity contribution in [2.45, 2.75) is 57.8 Å². The van der Waals surface area contributed by atoms with Crippen LogP contribution in [0, 0.1) is 11.6 Å². The van der Waals surface area contributed by atoms with Crippen molar-refractivity contribution in [3.63, 3.8) is 0 Å². The minimum absolute atomic E-state index is 0.0196. The second-order valence-electron chi connectivity index (χ2n) is 6.36. The van der Waals surface area contributed by atoms with Crippen molar-refractivity contribution in [2.24, 2.45) is 0 Å². The van der Waals surface area contributed by atoms with Crippen molar-refractivity contribution in [2.75, 3.05) is 6.54 Å². The van der Waals surface area contributed by atoms with Crippen molar-refractivity contribution in [3.05, 3.63) is 35.4 Å². The molecule has 0 aromatic heterocycles. The third-order valence-electron chi connectivity index (χ3n) is 4.34. The van der Waals surface area contributed by atoms with E-state index in [1.807, 2.05) is 6.92 Å². The van der Waals surface area contributed by atoms with E-state index in [1.54, 1.807) is 0 Å². The Morgan fingerprint density at radius 3 is 2.68 bits per heavy atom. The van der Waals surface area contributed by atoms with Crippen LogP contribution in [-0.4, -0.2) is 40.6 Å². The van der Waals surface area contributed by atoms with Gasteiger partial charge in [-0.1, -0.05) is 12.1 Å². The molecule has 1 aliphatic heterocycles. The molecule has 0 saturated carbocycles. The van der Waals surface area contributed by atoms with E-state index in [9.17, 15) is 18.4 Å². The first-order chi connectivity index (χ1) is 11.9. The molecule has 1 aromatic carbocycles. The Hall–Kier alpha value is -2.02. The highest BCUT2D eigenvalue weighted by Crippen LogP contribution is 2.23. The zero-order chi connectivity index (χ0) is 18.4. The van der Waals surface area contributed by atoms with Gasteiger partial charge in [0.2, 0.25) is 5.91 Å². The number of carboxylic acid groups (broad SMARTS) is 1. The SMILES string of the molecule is C[C@@H]1CC[C@@H](CCC(=O)N(CCC(=O)O)Cc2cccc(F)c2F)O1. The molecule has 138 valence electrons. The molecule has 1 heterocycles. The Labute approximate surface area is 145 Å². The van der Waals surface area contributed by atoms with Crippen LogP contribution in [0.2, 0.25) is 0 Å². The van der Waals surface area contributed by atoms with Gasteiger partial charge in [0.15, 0.2) is 11.6 Å². The number of hydrogen-bond acceptors (Lipinski definition) is 3. The minimum Gasteiger partial charge on any atom is -0.481 e. The summed E-state index contributed by atoms with van der Waals surface area (Å²) in [4.78, 5) is 24.5. The number of nitrogens with zero attached hydrogens (tertiary/aromatic N) is 1. The molecule has 0 unspecified atom stereocenters. The zero-order valence-corrected chi connectivity index (χ0v) is 14.2. The second kappa shape index (κ2) is 8.89. The number of ether oxygens (including phenoxy) is 1. The van der Waals surface area contributed by atoms with Crippen molar-refractivity contribution in [1.29, 1.82) is 0 Å². The van der Waals surface area contributed by atoms with E-state index in [4.69, 9.17) is 9.84 Å². The Balaban J connectivity index is 1.99. The molecule has 1 amide bonds. The molecular formula is C18H23F2NO4. The van der Waals surface area contributed by atoms with Crippen molar-refractivity contribution in [3.8, 4) is 0 Å². The van der Waals surface area contributed by atoms with Gasteiger partial charge >= 0.3 is 5.97 Å². The van der Waals surface area contributed by atoms with E-state index in [2.05, 4.69) is 0 Å². The highest BCUT2D eigenvalue weighted by molar-refractivity contribution is 5.77. The van der Waals surface area contributed by atoms with Gasteiger partial charge in [-0.15, -0.1) is 0 Å². The molecule has 1 aromatic rings. The Bertz CT molecular complexity index is 623. The molecule has 0 aliphatic carbocycles. The smallest absolute Gasteiger partial charge is 0.305 e. The van der Waals surface area contributed by atoms with E-state index in [-0.39, 0.29) is 49.6 Å². The predicted molar refractivity (Wildman–Crippen MR) is 86.8 cm³/mol. The van der Waals surface area contributed by atoms with Gasteiger partial charge in [0.25, 0.3) is 0 Å². The molecule has 0 bridgehead atoms. The molecule has 0 spiro atoms. The van der Waals surface area contributed by atoms with Crippen LogP contribution in [0.25, 0.3) is 0 Å². The fourth-order valence-corrected chi connectivity index (χ4v) is 2.94. The van der Waals surface area contributed by atoms with Crippen LogP contribution in [0.5, 0.6) is 0 Å². The standard InChI is InChI=1S/C18H23F2NO4/c1-12-5-6-14(25-12)7-8-16(22)21(10-9-17(23)24)11-13-3-2-4-15(19)18(13)20/h2-4,12,14H,5-11H2,1H3,(H,23,24)/t12-,14+/m1/s1. The van der Waals surface area contributed by atoms with Gasteiger partial charge in [0, 0.05) is 25.1 Å². The van der Waals surface area contributed by atoms with E-state index in [1.165, 1.54) is 17.0 Å². The lowest BCUT2D eigenvalue weighted by molar-refractivity contribution is -0.139. The normalized spacial score (nSPS) is 19.8. The van der Waals surface area contributed by atoms with E-state index < -0.39 is 17.6 Å². The first-order valence-corrected chi connectivity index (χ1v) is 8.44. The predicted octanol–water partition coefficient (Wildman–Crippen LogP) is 3.12. The van der Waals surface area contributed by atoms with E-state index >= 15 is 0 Å². The lowest BCUT2D eigenvalue weighted by atomic mass is 10.1.